The number of phenolic OH excluding ortho intramolecular Hbond substituents is 2. The number of hydrogen-bond donors (Lipinski definition) is 2. The molecule has 3 aromatic rings. The van der Waals surface area contributed by atoms with Crippen LogP contribution in [0.2, 0.25) is 0 Å². The summed E-state index contributed by atoms with van der Waals surface area (Å²) in [6.07, 6.45) is 0. The third-order valence-electron chi connectivity index (χ3n) is 2.92. The zero-order chi connectivity index (χ0) is 14.1. The van der Waals surface area contributed by atoms with Crippen molar-refractivity contribution in [3.8, 4) is 33.1 Å². The lowest BCUT2D eigenvalue weighted by Crippen LogP contribution is -1.80. The predicted octanol–water partition coefficient (Wildman–Crippen LogP) is 5.28. The molecule has 0 aliphatic heterocycles. The number of benzene rings is 2. The molecule has 20 heavy (non-hydrogen) atoms. The fourth-order valence-electron chi connectivity index (χ4n) is 1.94. The van der Waals surface area contributed by atoms with E-state index in [0.29, 0.717) is 0 Å². The summed E-state index contributed by atoms with van der Waals surface area (Å²) in [5.41, 5.74) is 3.04. The van der Waals surface area contributed by atoms with Gasteiger partial charge in [0.1, 0.15) is 15.3 Å². The summed E-state index contributed by atoms with van der Waals surface area (Å²) >= 11 is 5.43. The zero-order valence-electron chi connectivity index (χ0n) is 10.2. The molecule has 0 saturated heterocycles. The summed E-state index contributed by atoms with van der Waals surface area (Å²) in [5.74, 6) is 0.489. The molecule has 0 fully saturated rings. The summed E-state index contributed by atoms with van der Waals surface area (Å²) in [6.45, 7) is 0. The Morgan fingerprint density at radius 1 is 0.700 bits per heavy atom. The van der Waals surface area contributed by atoms with Crippen LogP contribution in [0.15, 0.2) is 48.5 Å². The Morgan fingerprint density at radius 3 is 1.75 bits per heavy atom. The predicted molar refractivity (Wildman–Crippen MR) is 87.2 cm³/mol. The third kappa shape index (κ3) is 2.47. The smallest absolute Gasteiger partial charge is 0.115 e. The summed E-state index contributed by atoms with van der Waals surface area (Å²) in [6, 6.07) is 14.2. The number of aromatic hydroxyl groups is 2. The Hall–Kier alpha value is -1.69. The second kappa shape index (κ2) is 5.36. The standard InChI is InChI=1S/C15H10O2S3/c16-11-5-1-9(2-6-11)13-14(19-20-15(13)18)10-3-7-12(17)8-4-10/h1-8,16-17H. The van der Waals surface area contributed by atoms with Crippen molar-refractivity contribution in [2.45, 2.75) is 0 Å². The molecule has 5 heteroatoms. The number of rotatable bonds is 2. The van der Waals surface area contributed by atoms with Gasteiger partial charge in [-0.15, -0.1) is 0 Å². The van der Waals surface area contributed by atoms with Crippen molar-refractivity contribution in [2.24, 2.45) is 0 Å². The fraction of sp³-hybridized carbons (Fsp3) is 0. The molecule has 2 nitrogen and oxygen atoms in total. The van der Waals surface area contributed by atoms with Crippen LogP contribution in [0, 0.1) is 3.82 Å². The Balaban J connectivity index is 2.17. The van der Waals surface area contributed by atoms with Gasteiger partial charge in [-0.2, -0.15) is 0 Å². The van der Waals surface area contributed by atoms with E-state index in [1.54, 1.807) is 44.9 Å². The van der Waals surface area contributed by atoms with Crippen LogP contribution in [0.5, 0.6) is 11.5 Å². The third-order valence-corrected chi connectivity index (χ3v) is 5.98. The molecule has 1 heterocycles. The first kappa shape index (κ1) is 13.3. The van der Waals surface area contributed by atoms with Crippen molar-refractivity contribution < 1.29 is 10.2 Å². The second-order valence-corrected chi connectivity index (χ2v) is 7.07. The van der Waals surface area contributed by atoms with Gasteiger partial charge in [0.05, 0.1) is 4.88 Å². The minimum atomic E-state index is 0.241. The van der Waals surface area contributed by atoms with Gasteiger partial charge in [0.25, 0.3) is 0 Å². The highest BCUT2D eigenvalue weighted by Gasteiger charge is 2.12. The van der Waals surface area contributed by atoms with Gasteiger partial charge in [-0.1, -0.05) is 45.0 Å². The van der Waals surface area contributed by atoms with Crippen molar-refractivity contribution in [1.82, 2.24) is 0 Å². The highest BCUT2D eigenvalue weighted by atomic mass is 32.9. The molecule has 2 N–H and O–H groups in total. The van der Waals surface area contributed by atoms with Gasteiger partial charge in [0, 0.05) is 5.56 Å². The van der Waals surface area contributed by atoms with Gasteiger partial charge in [-0.25, -0.2) is 0 Å². The molecule has 100 valence electrons. The molecule has 0 amide bonds. The Kier molecular flexibility index (Phi) is 3.56. The van der Waals surface area contributed by atoms with Crippen LogP contribution >= 0.6 is 32.9 Å². The molecule has 0 aliphatic carbocycles. The topological polar surface area (TPSA) is 40.5 Å². The summed E-state index contributed by atoms with van der Waals surface area (Å²) < 4.78 is 0.837. The molecule has 0 radical (unpaired) electrons. The van der Waals surface area contributed by atoms with Gasteiger partial charge >= 0.3 is 0 Å². The molecule has 3 rings (SSSR count). The van der Waals surface area contributed by atoms with Crippen LogP contribution in [-0.2, 0) is 0 Å². The van der Waals surface area contributed by atoms with Crippen LogP contribution in [0.1, 0.15) is 0 Å². The summed E-state index contributed by atoms with van der Waals surface area (Å²) in [4.78, 5) is 1.09. The van der Waals surface area contributed by atoms with Crippen molar-refractivity contribution in [1.29, 1.82) is 0 Å². The van der Waals surface area contributed by atoms with E-state index in [-0.39, 0.29) is 11.5 Å². The normalized spacial score (nSPS) is 10.6. The first-order chi connectivity index (χ1) is 9.65. The lowest BCUT2D eigenvalue weighted by atomic mass is 10.0. The first-order valence-corrected chi connectivity index (χ1v) is 8.43. The average molecular weight is 318 g/mol. The van der Waals surface area contributed by atoms with Crippen molar-refractivity contribution in [3.63, 3.8) is 0 Å². The minimum Gasteiger partial charge on any atom is -0.508 e. The molecule has 0 atom stereocenters. The summed E-state index contributed by atoms with van der Waals surface area (Å²) in [7, 11) is 3.19. The fourth-order valence-corrected chi connectivity index (χ4v) is 4.86. The molecule has 0 aliphatic rings. The van der Waals surface area contributed by atoms with E-state index in [1.165, 1.54) is 0 Å². The molecule has 0 spiro atoms. The zero-order valence-corrected chi connectivity index (χ0v) is 12.7. The molecule has 0 saturated carbocycles. The summed E-state index contributed by atoms with van der Waals surface area (Å²) in [5, 5.41) is 18.8. The van der Waals surface area contributed by atoms with Gasteiger partial charge < -0.3 is 10.2 Å². The molecule has 0 unspecified atom stereocenters. The van der Waals surface area contributed by atoms with E-state index in [1.807, 2.05) is 24.3 Å². The van der Waals surface area contributed by atoms with E-state index in [2.05, 4.69) is 0 Å². The molecule has 0 bridgehead atoms. The SMILES string of the molecule is Oc1ccc(-c2ssc(=S)c2-c2ccc(O)cc2)cc1. The number of phenols is 2. The lowest BCUT2D eigenvalue weighted by molar-refractivity contribution is 0.475. The van der Waals surface area contributed by atoms with Crippen LogP contribution in [-0.4, -0.2) is 10.2 Å². The first-order valence-electron chi connectivity index (χ1n) is 5.87. The maximum absolute atomic E-state index is 9.39. The second-order valence-electron chi connectivity index (χ2n) is 4.25. The van der Waals surface area contributed by atoms with E-state index in [4.69, 9.17) is 12.2 Å². The maximum atomic E-state index is 9.39. The van der Waals surface area contributed by atoms with Crippen molar-refractivity contribution >= 4 is 32.9 Å². The van der Waals surface area contributed by atoms with E-state index in [9.17, 15) is 10.2 Å². The highest BCUT2D eigenvalue weighted by molar-refractivity contribution is 7.80. The van der Waals surface area contributed by atoms with Gasteiger partial charge in [-0.05, 0) is 47.5 Å². The largest absolute Gasteiger partial charge is 0.508 e. The van der Waals surface area contributed by atoms with Crippen molar-refractivity contribution in [2.75, 3.05) is 0 Å². The van der Waals surface area contributed by atoms with Crippen LogP contribution in [0.25, 0.3) is 21.6 Å². The molecular formula is C15H10O2S3. The maximum Gasteiger partial charge on any atom is 0.115 e. The van der Waals surface area contributed by atoms with E-state index >= 15 is 0 Å². The average Bonchev–Trinajstić information content (AvgIpc) is 2.83. The van der Waals surface area contributed by atoms with Gasteiger partial charge in [0.2, 0.25) is 0 Å². The van der Waals surface area contributed by atoms with Gasteiger partial charge in [0.15, 0.2) is 0 Å². The molecule has 1 aromatic heterocycles. The van der Waals surface area contributed by atoms with Gasteiger partial charge in [-0.3, -0.25) is 0 Å². The number of hydrogen-bond acceptors (Lipinski definition) is 5. The van der Waals surface area contributed by atoms with E-state index < -0.39 is 0 Å². The van der Waals surface area contributed by atoms with Crippen molar-refractivity contribution in [3.05, 3.63) is 52.4 Å². The monoisotopic (exact) mass is 318 g/mol. The van der Waals surface area contributed by atoms with Crippen LogP contribution in [0.4, 0.5) is 0 Å². The van der Waals surface area contributed by atoms with Crippen LogP contribution < -0.4 is 0 Å². The Morgan fingerprint density at radius 2 is 1.20 bits per heavy atom. The van der Waals surface area contributed by atoms with Crippen LogP contribution in [0.3, 0.4) is 0 Å². The lowest BCUT2D eigenvalue weighted by Gasteiger charge is -2.04. The quantitative estimate of drug-likeness (QED) is 0.498. The Labute approximate surface area is 128 Å². The van der Waals surface area contributed by atoms with E-state index in [0.717, 1.165) is 25.4 Å². The highest BCUT2D eigenvalue weighted by Crippen LogP contribution is 2.41. The molecule has 2 aromatic carbocycles. The minimum absolute atomic E-state index is 0.241. The Bertz CT molecular complexity index is 783. The molecular weight excluding hydrogens is 308 g/mol.